The van der Waals surface area contributed by atoms with Gasteiger partial charge in [0.15, 0.2) is 11.2 Å². The van der Waals surface area contributed by atoms with Crippen molar-refractivity contribution in [2.45, 2.75) is 20.4 Å². The molecule has 2 heterocycles. The molecule has 2 aromatic heterocycles. The second kappa shape index (κ2) is 7.36. The van der Waals surface area contributed by atoms with E-state index in [4.69, 9.17) is 11.6 Å². The molecule has 0 saturated heterocycles. The number of hydrazone groups is 1. The van der Waals surface area contributed by atoms with E-state index in [2.05, 4.69) is 20.5 Å². The Labute approximate surface area is 158 Å². The van der Waals surface area contributed by atoms with Crippen LogP contribution in [0.15, 0.2) is 32.9 Å². The molecule has 0 aliphatic heterocycles. The van der Waals surface area contributed by atoms with Crippen LogP contribution in [0.2, 0.25) is 5.02 Å². The first kappa shape index (κ1) is 18.8. The van der Waals surface area contributed by atoms with Crippen LogP contribution < -0.4 is 16.7 Å². The molecule has 27 heavy (non-hydrogen) atoms. The molecule has 0 aliphatic rings. The second-order valence-electron chi connectivity index (χ2n) is 6.44. The summed E-state index contributed by atoms with van der Waals surface area (Å²) < 4.78 is 16.7. The van der Waals surface area contributed by atoms with Crippen molar-refractivity contribution in [3.8, 4) is 0 Å². The number of hydrogen-bond acceptors (Lipinski definition) is 5. The Bertz CT molecular complexity index is 1120. The van der Waals surface area contributed by atoms with Crippen molar-refractivity contribution in [2.75, 3.05) is 5.43 Å². The molecule has 0 saturated carbocycles. The minimum atomic E-state index is -0.560. The van der Waals surface area contributed by atoms with E-state index >= 15 is 0 Å². The van der Waals surface area contributed by atoms with Gasteiger partial charge in [-0.3, -0.25) is 14.3 Å². The predicted octanol–water partition coefficient (Wildman–Crippen LogP) is 2.32. The molecule has 0 aliphatic carbocycles. The summed E-state index contributed by atoms with van der Waals surface area (Å²) in [4.78, 5) is 30.7. The zero-order valence-corrected chi connectivity index (χ0v) is 15.7. The molecule has 0 fully saturated rings. The van der Waals surface area contributed by atoms with Crippen LogP contribution in [0.4, 0.5) is 10.3 Å². The van der Waals surface area contributed by atoms with E-state index in [1.54, 1.807) is 10.6 Å². The molecule has 3 aromatic rings. The number of aromatic nitrogens is 4. The second-order valence-corrected chi connectivity index (χ2v) is 6.84. The van der Waals surface area contributed by atoms with Crippen molar-refractivity contribution in [1.82, 2.24) is 19.1 Å². The zero-order valence-electron chi connectivity index (χ0n) is 15.0. The Morgan fingerprint density at radius 1 is 1.41 bits per heavy atom. The fourth-order valence-corrected chi connectivity index (χ4v) is 2.86. The number of fused-ring (bicyclic) bond motifs is 1. The normalized spacial score (nSPS) is 11.8. The Hall–Kier alpha value is -2.94. The van der Waals surface area contributed by atoms with Crippen LogP contribution >= 0.6 is 11.6 Å². The fraction of sp³-hybridized carbons (Fsp3) is 0.294. The summed E-state index contributed by atoms with van der Waals surface area (Å²) in [6.45, 7) is 4.43. The van der Waals surface area contributed by atoms with Gasteiger partial charge in [-0.2, -0.15) is 10.1 Å². The lowest BCUT2D eigenvalue weighted by molar-refractivity contribution is 0.535. The molecule has 2 N–H and O–H groups in total. The molecule has 3 rings (SSSR count). The predicted molar refractivity (Wildman–Crippen MR) is 103 cm³/mol. The van der Waals surface area contributed by atoms with Crippen LogP contribution in [-0.2, 0) is 13.6 Å². The van der Waals surface area contributed by atoms with Crippen LogP contribution in [0.25, 0.3) is 11.2 Å². The molecule has 1 aromatic carbocycles. The smallest absolute Gasteiger partial charge is 0.303 e. The molecule has 0 atom stereocenters. The third-order valence-electron chi connectivity index (χ3n) is 3.91. The van der Waals surface area contributed by atoms with Gasteiger partial charge in [0, 0.05) is 19.2 Å². The quantitative estimate of drug-likeness (QED) is 0.514. The number of anilines is 1. The van der Waals surface area contributed by atoms with Gasteiger partial charge in [0.05, 0.1) is 11.2 Å². The van der Waals surface area contributed by atoms with Crippen molar-refractivity contribution >= 4 is 34.9 Å². The summed E-state index contributed by atoms with van der Waals surface area (Å²) in [5, 5.41) is 4.21. The summed E-state index contributed by atoms with van der Waals surface area (Å²) in [5.74, 6) is -0.0544. The number of aryl methyl sites for hydroxylation is 1. The van der Waals surface area contributed by atoms with Crippen LogP contribution in [0.5, 0.6) is 0 Å². The molecular weight excluding hydrogens is 375 g/mol. The number of hydrogen-bond donors (Lipinski definition) is 2. The standard InChI is InChI=1S/C17H18ClFN6O2/c1-9(2)8-25-13-14(24(3)17(27)22-15(13)26)21-16(25)23-20-7-10-11(18)5-4-6-12(10)19/h4-7,9H,8H2,1-3H3,(H,21,23)(H,22,26,27)/b20-7+. The first-order valence-electron chi connectivity index (χ1n) is 8.22. The SMILES string of the molecule is CC(C)Cn1c(N/N=C/c2c(F)cccc2Cl)nc2c1c(=O)[nH]c(=O)n2C. The van der Waals surface area contributed by atoms with E-state index in [1.807, 2.05) is 13.8 Å². The van der Waals surface area contributed by atoms with Gasteiger partial charge in [0.1, 0.15) is 5.82 Å². The van der Waals surface area contributed by atoms with E-state index in [9.17, 15) is 14.0 Å². The Morgan fingerprint density at radius 3 is 2.81 bits per heavy atom. The van der Waals surface area contributed by atoms with Crippen molar-refractivity contribution < 1.29 is 4.39 Å². The summed E-state index contributed by atoms with van der Waals surface area (Å²) in [7, 11) is 1.51. The maximum absolute atomic E-state index is 13.8. The summed E-state index contributed by atoms with van der Waals surface area (Å²) in [6, 6.07) is 4.32. The van der Waals surface area contributed by atoms with E-state index < -0.39 is 17.1 Å². The topological polar surface area (TPSA) is 97.1 Å². The van der Waals surface area contributed by atoms with Gasteiger partial charge >= 0.3 is 5.69 Å². The molecule has 0 bridgehead atoms. The van der Waals surface area contributed by atoms with Crippen LogP contribution in [-0.4, -0.2) is 25.3 Å². The first-order chi connectivity index (χ1) is 12.8. The van der Waals surface area contributed by atoms with E-state index in [1.165, 1.54) is 30.0 Å². The van der Waals surface area contributed by atoms with Gasteiger partial charge in [0.25, 0.3) is 5.56 Å². The van der Waals surface area contributed by atoms with Crippen molar-refractivity contribution in [3.63, 3.8) is 0 Å². The minimum Gasteiger partial charge on any atom is -0.303 e. The molecule has 0 radical (unpaired) electrons. The number of benzene rings is 1. The highest BCUT2D eigenvalue weighted by Gasteiger charge is 2.17. The molecule has 0 spiro atoms. The molecule has 10 heteroatoms. The minimum absolute atomic E-state index is 0.128. The average molecular weight is 393 g/mol. The summed E-state index contributed by atoms with van der Waals surface area (Å²) in [5.41, 5.74) is 2.23. The van der Waals surface area contributed by atoms with E-state index in [0.717, 1.165) is 0 Å². The third-order valence-corrected chi connectivity index (χ3v) is 4.24. The lowest BCUT2D eigenvalue weighted by atomic mass is 10.2. The van der Waals surface area contributed by atoms with Gasteiger partial charge in [-0.05, 0) is 18.1 Å². The average Bonchev–Trinajstić information content (AvgIpc) is 2.94. The monoisotopic (exact) mass is 392 g/mol. The number of aromatic amines is 1. The van der Waals surface area contributed by atoms with Crippen LogP contribution in [0.1, 0.15) is 19.4 Å². The number of halogens is 2. The van der Waals surface area contributed by atoms with Crippen molar-refractivity contribution in [2.24, 2.45) is 18.1 Å². The lowest BCUT2D eigenvalue weighted by Crippen LogP contribution is -2.29. The number of nitrogens with one attached hydrogen (secondary N) is 2. The van der Waals surface area contributed by atoms with Crippen molar-refractivity contribution in [3.05, 3.63) is 55.4 Å². The van der Waals surface area contributed by atoms with E-state index in [0.29, 0.717) is 6.54 Å². The number of H-pyrrole nitrogens is 1. The fourth-order valence-electron chi connectivity index (χ4n) is 2.65. The summed E-state index contributed by atoms with van der Waals surface area (Å²) in [6.07, 6.45) is 1.24. The lowest BCUT2D eigenvalue weighted by Gasteiger charge is -2.10. The molecule has 0 unspecified atom stereocenters. The third kappa shape index (κ3) is 3.63. The van der Waals surface area contributed by atoms with Gasteiger partial charge < -0.3 is 4.57 Å². The highest BCUT2D eigenvalue weighted by Crippen LogP contribution is 2.19. The van der Waals surface area contributed by atoms with Gasteiger partial charge in [-0.15, -0.1) is 0 Å². The summed E-state index contributed by atoms with van der Waals surface area (Å²) >= 11 is 5.97. The highest BCUT2D eigenvalue weighted by atomic mass is 35.5. The first-order valence-corrected chi connectivity index (χ1v) is 8.60. The maximum Gasteiger partial charge on any atom is 0.329 e. The van der Waals surface area contributed by atoms with Gasteiger partial charge in [-0.25, -0.2) is 14.6 Å². The largest absolute Gasteiger partial charge is 0.329 e. The Morgan fingerprint density at radius 2 is 2.15 bits per heavy atom. The van der Waals surface area contributed by atoms with Gasteiger partial charge in [0.2, 0.25) is 5.95 Å². The number of rotatable bonds is 5. The number of imidazole rings is 1. The number of nitrogens with zero attached hydrogens (tertiary/aromatic N) is 4. The van der Waals surface area contributed by atoms with E-state index in [-0.39, 0.29) is 33.6 Å². The van der Waals surface area contributed by atoms with Gasteiger partial charge in [-0.1, -0.05) is 31.5 Å². The molecule has 0 amide bonds. The Balaban J connectivity index is 2.07. The van der Waals surface area contributed by atoms with Crippen LogP contribution in [0, 0.1) is 11.7 Å². The zero-order chi connectivity index (χ0) is 19.7. The molecule has 8 nitrogen and oxygen atoms in total. The molecular formula is C17H18ClFN6O2. The van der Waals surface area contributed by atoms with Crippen LogP contribution in [0.3, 0.4) is 0 Å². The highest BCUT2D eigenvalue weighted by molar-refractivity contribution is 6.33. The van der Waals surface area contributed by atoms with Crippen molar-refractivity contribution in [1.29, 1.82) is 0 Å². The Kier molecular flexibility index (Phi) is 5.13. The molecule has 142 valence electrons. The maximum atomic E-state index is 13.8.